The lowest BCUT2D eigenvalue weighted by molar-refractivity contribution is 0.362. The van der Waals surface area contributed by atoms with Gasteiger partial charge in [-0.1, -0.05) is 30.7 Å². The highest BCUT2D eigenvalue weighted by Gasteiger charge is 2.20. The number of rotatable bonds is 7. The summed E-state index contributed by atoms with van der Waals surface area (Å²) in [5, 5.41) is 3.92. The van der Waals surface area contributed by atoms with Gasteiger partial charge in [0, 0.05) is 6.04 Å². The van der Waals surface area contributed by atoms with Gasteiger partial charge in [0.15, 0.2) is 0 Å². The van der Waals surface area contributed by atoms with E-state index in [0.717, 1.165) is 30.9 Å². The van der Waals surface area contributed by atoms with Crippen molar-refractivity contribution in [1.82, 2.24) is 5.32 Å². The molecule has 0 aliphatic carbocycles. The Morgan fingerprint density at radius 1 is 1.38 bits per heavy atom. The fourth-order valence-electron chi connectivity index (χ4n) is 2.94. The normalized spacial score (nSPS) is 17.9. The lowest BCUT2D eigenvalue weighted by Gasteiger charge is -2.27. The minimum absolute atomic E-state index is 0.292. The van der Waals surface area contributed by atoms with E-state index in [-0.39, 0.29) is 5.82 Å². The van der Waals surface area contributed by atoms with E-state index in [1.54, 1.807) is 6.07 Å². The van der Waals surface area contributed by atoms with E-state index in [9.17, 15) is 4.39 Å². The van der Waals surface area contributed by atoms with Crippen LogP contribution in [0.1, 0.15) is 38.2 Å². The SMILES string of the molecule is CCCNC(Cc1cccc(F)c1Cl)CC1CCSCC1. The molecule has 4 heteroatoms. The van der Waals surface area contributed by atoms with Crippen molar-refractivity contribution in [2.24, 2.45) is 5.92 Å². The molecule has 0 saturated carbocycles. The van der Waals surface area contributed by atoms with Gasteiger partial charge in [0.25, 0.3) is 0 Å². The number of hydrogen-bond acceptors (Lipinski definition) is 2. The fraction of sp³-hybridized carbons (Fsp3) is 0.647. The Balaban J connectivity index is 1.99. The molecule has 1 aromatic rings. The molecule has 1 aliphatic rings. The smallest absolute Gasteiger partial charge is 0.142 e. The lowest BCUT2D eigenvalue weighted by Crippen LogP contribution is -2.34. The molecule has 1 fully saturated rings. The largest absolute Gasteiger partial charge is 0.314 e. The molecular formula is C17H25ClFNS. The highest BCUT2D eigenvalue weighted by atomic mass is 35.5. The van der Waals surface area contributed by atoms with Gasteiger partial charge in [-0.2, -0.15) is 11.8 Å². The van der Waals surface area contributed by atoms with Crippen molar-refractivity contribution in [3.05, 3.63) is 34.6 Å². The summed E-state index contributed by atoms with van der Waals surface area (Å²) in [6.07, 6.45) is 5.74. The van der Waals surface area contributed by atoms with Crippen molar-refractivity contribution in [3.63, 3.8) is 0 Å². The third-order valence-electron chi connectivity index (χ3n) is 4.14. The van der Waals surface area contributed by atoms with Crippen molar-refractivity contribution < 1.29 is 4.39 Å². The van der Waals surface area contributed by atoms with Crippen LogP contribution in [0, 0.1) is 11.7 Å². The molecule has 118 valence electrons. The van der Waals surface area contributed by atoms with E-state index in [2.05, 4.69) is 24.0 Å². The topological polar surface area (TPSA) is 12.0 Å². The van der Waals surface area contributed by atoms with E-state index in [1.807, 2.05) is 6.07 Å². The summed E-state index contributed by atoms with van der Waals surface area (Å²) in [5.41, 5.74) is 0.926. The van der Waals surface area contributed by atoms with Crippen molar-refractivity contribution in [1.29, 1.82) is 0 Å². The Morgan fingerprint density at radius 2 is 2.14 bits per heavy atom. The van der Waals surface area contributed by atoms with Crippen LogP contribution in [0.5, 0.6) is 0 Å². The van der Waals surface area contributed by atoms with Gasteiger partial charge in [-0.15, -0.1) is 0 Å². The third-order valence-corrected chi connectivity index (χ3v) is 5.61. The van der Waals surface area contributed by atoms with Crippen LogP contribution in [0.25, 0.3) is 0 Å². The van der Waals surface area contributed by atoms with Gasteiger partial charge in [0.1, 0.15) is 5.82 Å². The highest BCUT2D eigenvalue weighted by Crippen LogP contribution is 2.28. The van der Waals surface area contributed by atoms with Crippen molar-refractivity contribution in [2.75, 3.05) is 18.1 Å². The number of halogens is 2. The molecule has 0 spiro atoms. The zero-order chi connectivity index (χ0) is 15.1. The van der Waals surface area contributed by atoms with Crippen LogP contribution in [0.4, 0.5) is 4.39 Å². The van der Waals surface area contributed by atoms with Gasteiger partial charge in [-0.3, -0.25) is 0 Å². The molecule has 1 N–H and O–H groups in total. The maximum Gasteiger partial charge on any atom is 0.142 e. The molecule has 1 aliphatic heterocycles. The van der Waals surface area contributed by atoms with Crippen molar-refractivity contribution in [2.45, 2.75) is 45.1 Å². The summed E-state index contributed by atoms with van der Waals surface area (Å²) < 4.78 is 13.6. The van der Waals surface area contributed by atoms with Gasteiger partial charge in [-0.05, 0) is 67.7 Å². The molecular weight excluding hydrogens is 305 g/mol. The minimum Gasteiger partial charge on any atom is -0.314 e. The highest BCUT2D eigenvalue weighted by molar-refractivity contribution is 7.99. The van der Waals surface area contributed by atoms with Crippen LogP contribution < -0.4 is 5.32 Å². The predicted molar refractivity (Wildman–Crippen MR) is 91.9 cm³/mol. The maximum atomic E-state index is 13.6. The van der Waals surface area contributed by atoms with Gasteiger partial charge in [0.2, 0.25) is 0 Å². The van der Waals surface area contributed by atoms with Crippen LogP contribution in [0.2, 0.25) is 5.02 Å². The summed E-state index contributed by atoms with van der Waals surface area (Å²) in [6.45, 7) is 3.19. The van der Waals surface area contributed by atoms with E-state index >= 15 is 0 Å². The minimum atomic E-state index is -0.308. The second-order valence-electron chi connectivity index (χ2n) is 5.86. The van der Waals surface area contributed by atoms with Gasteiger partial charge in [0.05, 0.1) is 5.02 Å². The van der Waals surface area contributed by atoms with Crippen LogP contribution in [0.15, 0.2) is 18.2 Å². The summed E-state index contributed by atoms with van der Waals surface area (Å²) >= 11 is 8.17. The van der Waals surface area contributed by atoms with Gasteiger partial charge in [-0.25, -0.2) is 4.39 Å². The third kappa shape index (κ3) is 5.46. The van der Waals surface area contributed by atoms with Gasteiger partial charge < -0.3 is 5.32 Å². The molecule has 1 nitrogen and oxygen atoms in total. The van der Waals surface area contributed by atoms with E-state index in [0.29, 0.717) is 11.1 Å². The molecule has 0 radical (unpaired) electrons. The molecule has 2 rings (SSSR count). The van der Waals surface area contributed by atoms with Crippen molar-refractivity contribution in [3.8, 4) is 0 Å². The second-order valence-corrected chi connectivity index (χ2v) is 7.46. The van der Waals surface area contributed by atoms with Gasteiger partial charge >= 0.3 is 0 Å². The predicted octanol–water partition coefficient (Wildman–Crippen LogP) is 4.92. The van der Waals surface area contributed by atoms with E-state index < -0.39 is 0 Å². The lowest BCUT2D eigenvalue weighted by atomic mass is 9.91. The van der Waals surface area contributed by atoms with E-state index in [4.69, 9.17) is 11.6 Å². The Kier molecular flexibility index (Phi) is 7.35. The Labute approximate surface area is 137 Å². The zero-order valence-electron chi connectivity index (χ0n) is 12.7. The average Bonchev–Trinajstić information content (AvgIpc) is 2.50. The standard InChI is InChI=1S/C17H25ClFNS/c1-2-8-20-15(11-13-6-9-21-10-7-13)12-14-4-3-5-16(19)17(14)18/h3-5,13,15,20H,2,6-12H2,1H3. The Hall–Kier alpha value is -0.250. The zero-order valence-corrected chi connectivity index (χ0v) is 14.3. The summed E-state index contributed by atoms with van der Waals surface area (Å²) in [6, 6.07) is 5.53. The van der Waals surface area contributed by atoms with Crippen LogP contribution in [-0.4, -0.2) is 24.1 Å². The summed E-state index contributed by atoms with van der Waals surface area (Å²) in [5.74, 6) is 3.06. The molecule has 1 unspecified atom stereocenters. The number of hydrogen-bond donors (Lipinski definition) is 1. The molecule has 1 aromatic carbocycles. The first kappa shape index (κ1) is 17.1. The first-order valence-electron chi connectivity index (χ1n) is 7.94. The Morgan fingerprint density at radius 3 is 2.86 bits per heavy atom. The number of benzene rings is 1. The quantitative estimate of drug-likeness (QED) is 0.761. The number of nitrogens with one attached hydrogen (secondary N) is 1. The molecule has 0 bridgehead atoms. The van der Waals surface area contributed by atoms with Crippen molar-refractivity contribution >= 4 is 23.4 Å². The fourth-order valence-corrected chi connectivity index (χ4v) is 4.35. The van der Waals surface area contributed by atoms with E-state index in [1.165, 1.54) is 36.8 Å². The first-order valence-corrected chi connectivity index (χ1v) is 9.48. The average molecular weight is 330 g/mol. The molecule has 0 amide bonds. The van der Waals surface area contributed by atoms with Crippen LogP contribution in [0.3, 0.4) is 0 Å². The first-order chi connectivity index (χ1) is 10.2. The Bertz CT molecular complexity index is 435. The molecule has 1 heterocycles. The monoisotopic (exact) mass is 329 g/mol. The maximum absolute atomic E-state index is 13.6. The molecule has 0 aromatic heterocycles. The van der Waals surface area contributed by atoms with Crippen LogP contribution >= 0.6 is 23.4 Å². The molecule has 21 heavy (non-hydrogen) atoms. The molecule has 1 saturated heterocycles. The summed E-state index contributed by atoms with van der Waals surface area (Å²) in [7, 11) is 0. The second kappa shape index (κ2) is 9.02. The van der Waals surface area contributed by atoms with Crippen LogP contribution in [-0.2, 0) is 6.42 Å². The number of thioether (sulfide) groups is 1. The summed E-state index contributed by atoms with van der Waals surface area (Å²) in [4.78, 5) is 0. The molecule has 1 atom stereocenters.